The number of thiazole rings is 1. The summed E-state index contributed by atoms with van der Waals surface area (Å²) in [7, 11) is 3.63. The van der Waals surface area contributed by atoms with Crippen molar-refractivity contribution in [1.82, 2.24) is 24.5 Å². The zero-order chi connectivity index (χ0) is 21.0. The third kappa shape index (κ3) is 3.85. The average Bonchev–Trinajstić information content (AvgIpc) is 3.34. The van der Waals surface area contributed by atoms with Crippen LogP contribution in [0.15, 0.2) is 60.2 Å². The lowest BCUT2D eigenvalue weighted by atomic mass is 10.2. The van der Waals surface area contributed by atoms with Crippen LogP contribution in [0, 0.1) is 0 Å². The van der Waals surface area contributed by atoms with Crippen LogP contribution in [0.2, 0.25) is 5.15 Å². The summed E-state index contributed by atoms with van der Waals surface area (Å²) in [6.07, 6.45) is 6.87. The molecule has 0 atom stereocenters. The average molecular weight is 424 g/mol. The summed E-state index contributed by atoms with van der Waals surface area (Å²) in [6, 6.07) is 3.95. The minimum atomic E-state index is 0.384. The first-order valence-electron chi connectivity index (χ1n) is 8.44. The second-order valence-electron chi connectivity index (χ2n) is 5.69. The van der Waals surface area contributed by atoms with E-state index in [0.717, 1.165) is 32.0 Å². The van der Waals surface area contributed by atoms with Crippen LogP contribution in [0.1, 0.15) is 5.69 Å². The maximum atomic E-state index is 6.48. The molecular formula is C20H18ClN7S. The fraction of sp³-hybridized carbons (Fsp3) is 0.100. The third-order valence-corrected chi connectivity index (χ3v) is 5.58. The number of aliphatic imine (C=N–C) groups is 2. The van der Waals surface area contributed by atoms with Crippen molar-refractivity contribution in [2.45, 2.75) is 0 Å². The maximum Gasteiger partial charge on any atom is 0.172 e. The van der Waals surface area contributed by atoms with Gasteiger partial charge in [-0.1, -0.05) is 11.6 Å². The van der Waals surface area contributed by atoms with Gasteiger partial charge in [-0.2, -0.15) is 0 Å². The predicted molar refractivity (Wildman–Crippen MR) is 121 cm³/mol. The van der Waals surface area contributed by atoms with Crippen molar-refractivity contribution in [1.29, 1.82) is 0 Å². The molecule has 29 heavy (non-hydrogen) atoms. The molecule has 0 aliphatic heterocycles. The van der Waals surface area contributed by atoms with Gasteiger partial charge in [-0.15, -0.1) is 24.5 Å². The smallest absolute Gasteiger partial charge is 0.172 e. The molecule has 0 aliphatic rings. The van der Waals surface area contributed by atoms with Gasteiger partial charge in [0.2, 0.25) is 0 Å². The van der Waals surface area contributed by atoms with E-state index in [0.29, 0.717) is 16.7 Å². The number of rotatable bonds is 3. The number of hydrogen-bond acceptors (Lipinski definition) is 6. The summed E-state index contributed by atoms with van der Waals surface area (Å²) in [4.78, 5) is 26.2. The molecule has 0 spiro atoms. The van der Waals surface area contributed by atoms with Crippen molar-refractivity contribution in [3.05, 3.63) is 61.1 Å². The third-order valence-electron chi connectivity index (χ3n) is 4.08. The van der Waals surface area contributed by atoms with Crippen molar-refractivity contribution >= 4 is 46.4 Å². The van der Waals surface area contributed by atoms with Crippen molar-refractivity contribution in [3.8, 4) is 21.1 Å². The van der Waals surface area contributed by atoms with Gasteiger partial charge < -0.3 is 4.57 Å². The summed E-state index contributed by atoms with van der Waals surface area (Å²) < 4.78 is 2.02. The van der Waals surface area contributed by atoms with Crippen molar-refractivity contribution in [2.75, 3.05) is 7.05 Å². The molecule has 0 saturated heterocycles. The largest absolute Gasteiger partial charge is 0.350 e. The van der Waals surface area contributed by atoms with Gasteiger partial charge in [-0.25, -0.2) is 24.9 Å². The fourth-order valence-corrected chi connectivity index (χ4v) is 4.07. The molecular weight excluding hydrogens is 406 g/mol. The standard InChI is InChI=1S/C18H14ClN7S.C2H4/c1-20-17(21-2)12-6-13-11(4-5-26(13)3)14(24-12)15-16(19)25-18(27-15)10-7-22-9-23-8-10;1-2/h4-9H,1H2,2-3H3;1-2H2. The minimum absolute atomic E-state index is 0.384. The fourth-order valence-electron chi connectivity index (χ4n) is 2.80. The molecule has 4 aromatic heterocycles. The highest BCUT2D eigenvalue weighted by Gasteiger charge is 2.19. The summed E-state index contributed by atoms with van der Waals surface area (Å²) in [6.45, 7) is 9.58. The van der Waals surface area contributed by atoms with Crippen LogP contribution in [0.5, 0.6) is 0 Å². The van der Waals surface area contributed by atoms with E-state index in [1.54, 1.807) is 19.4 Å². The normalized spacial score (nSPS) is 11.2. The maximum absolute atomic E-state index is 6.48. The van der Waals surface area contributed by atoms with Gasteiger partial charge in [0, 0.05) is 43.6 Å². The molecule has 0 aromatic carbocycles. The highest BCUT2D eigenvalue weighted by atomic mass is 35.5. The van der Waals surface area contributed by atoms with E-state index in [1.807, 2.05) is 29.9 Å². The quantitative estimate of drug-likeness (QED) is 0.272. The molecule has 7 nitrogen and oxygen atoms in total. The summed E-state index contributed by atoms with van der Waals surface area (Å²) in [5, 5.41) is 2.09. The molecule has 0 aliphatic carbocycles. The van der Waals surface area contributed by atoms with Gasteiger partial charge in [0.15, 0.2) is 5.84 Å². The second-order valence-corrected chi connectivity index (χ2v) is 7.04. The molecule has 0 saturated carbocycles. The van der Waals surface area contributed by atoms with Gasteiger partial charge in [-0.05, 0) is 18.9 Å². The first-order chi connectivity index (χ1) is 14.1. The Morgan fingerprint density at radius 1 is 1.21 bits per heavy atom. The summed E-state index contributed by atoms with van der Waals surface area (Å²) >= 11 is 7.93. The number of nitrogens with zero attached hydrogens (tertiary/aromatic N) is 7. The summed E-state index contributed by atoms with van der Waals surface area (Å²) in [5.41, 5.74) is 3.16. The number of fused-ring (bicyclic) bond motifs is 1. The van der Waals surface area contributed by atoms with Crippen LogP contribution < -0.4 is 0 Å². The second kappa shape index (κ2) is 8.85. The van der Waals surface area contributed by atoms with Crippen molar-refractivity contribution in [3.63, 3.8) is 0 Å². The number of hydrogen-bond donors (Lipinski definition) is 0. The molecule has 4 heterocycles. The van der Waals surface area contributed by atoms with Gasteiger partial charge >= 0.3 is 0 Å². The van der Waals surface area contributed by atoms with Crippen LogP contribution in [-0.4, -0.2) is 44.1 Å². The Morgan fingerprint density at radius 2 is 1.93 bits per heavy atom. The van der Waals surface area contributed by atoms with Crippen LogP contribution in [0.3, 0.4) is 0 Å². The predicted octanol–water partition coefficient (Wildman–Crippen LogP) is 4.69. The SMILES string of the molecule is C=C.C=NC(=NC)c1cc2c(ccn2C)c(-c2sc(-c3cncnc3)nc2Cl)n1. The molecule has 0 unspecified atom stereocenters. The molecule has 146 valence electrons. The Bertz CT molecular complexity index is 1190. The topological polar surface area (TPSA) is 81.2 Å². The Kier molecular flexibility index (Phi) is 6.26. The number of aromatic nitrogens is 5. The zero-order valence-electron chi connectivity index (χ0n) is 16.0. The Morgan fingerprint density at radius 3 is 2.59 bits per heavy atom. The van der Waals surface area contributed by atoms with E-state index in [2.05, 4.69) is 44.8 Å². The van der Waals surface area contributed by atoms with Crippen molar-refractivity contribution < 1.29 is 0 Å². The number of aryl methyl sites for hydroxylation is 1. The summed E-state index contributed by atoms with van der Waals surface area (Å²) in [5.74, 6) is 0.469. The van der Waals surface area contributed by atoms with Gasteiger partial charge in [0.25, 0.3) is 0 Å². The first kappa shape index (κ1) is 20.5. The van der Waals surface area contributed by atoms with Crippen LogP contribution in [0.4, 0.5) is 0 Å². The van der Waals surface area contributed by atoms with E-state index in [1.165, 1.54) is 17.7 Å². The lowest BCUT2D eigenvalue weighted by Crippen LogP contribution is -2.02. The van der Waals surface area contributed by atoms with E-state index in [-0.39, 0.29) is 0 Å². The highest BCUT2D eigenvalue weighted by Crippen LogP contribution is 2.40. The number of pyridine rings is 1. The van der Waals surface area contributed by atoms with Crippen LogP contribution in [0.25, 0.3) is 32.0 Å². The lowest BCUT2D eigenvalue weighted by molar-refractivity contribution is 0.968. The Labute approximate surface area is 177 Å². The minimum Gasteiger partial charge on any atom is -0.350 e. The number of amidine groups is 1. The molecule has 4 rings (SSSR count). The molecule has 0 amide bonds. The van der Waals surface area contributed by atoms with Crippen LogP contribution >= 0.6 is 22.9 Å². The lowest BCUT2D eigenvalue weighted by Gasteiger charge is -2.06. The van der Waals surface area contributed by atoms with Crippen molar-refractivity contribution in [2.24, 2.45) is 17.0 Å². The van der Waals surface area contributed by atoms with Gasteiger partial charge in [0.1, 0.15) is 22.2 Å². The first-order valence-corrected chi connectivity index (χ1v) is 9.64. The molecule has 9 heteroatoms. The Hall–Kier alpha value is -3.23. The van der Waals surface area contributed by atoms with E-state index in [9.17, 15) is 0 Å². The molecule has 0 N–H and O–H groups in total. The molecule has 4 aromatic rings. The van der Waals surface area contributed by atoms with Crippen LogP contribution in [-0.2, 0) is 7.05 Å². The monoisotopic (exact) mass is 423 g/mol. The van der Waals surface area contributed by atoms with Gasteiger partial charge in [0.05, 0.1) is 16.1 Å². The Balaban J connectivity index is 0.00000117. The molecule has 0 radical (unpaired) electrons. The molecule has 0 bridgehead atoms. The zero-order valence-corrected chi connectivity index (χ0v) is 17.6. The van der Waals surface area contributed by atoms with E-state index in [4.69, 9.17) is 16.6 Å². The molecule has 0 fully saturated rings. The van der Waals surface area contributed by atoms with E-state index < -0.39 is 0 Å². The number of halogens is 1. The van der Waals surface area contributed by atoms with Gasteiger partial charge in [-0.3, -0.25) is 4.99 Å². The highest BCUT2D eigenvalue weighted by molar-refractivity contribution is 7.19. The van der Waals surface area contributed by atoms with E-state index >= 15 is 0 Å².